The van der Waals surface area contributed by atoms with Crippen LogP contribution in [0.25, 0.3) is 0 Å². The van der Waals surface area contributed by atoms with Crippen molar-refractivity contribution in [3.63, 3.8) is 0 Å². The van der Waals surface area contributed by atoms with Crippen LogP contribution in [0.5, 0.6) is 11.5 Å². The molecule has 2 nitrogen and oxygen atoms in total. The average molecular weight is 439 g/mol. The average Bonchev–Trinajstić information content (AvgIpc) is 2.84. The van der Waals surface area contributed by atoms with E-state index in [-0.39, 0.29) is 0 Å². The van der Waals surface area contributed by atoms with Gasteiger partial charge in [-0.25, -0.2) is 0 Å². The van der Waals surface area contributed by atoms with Gasteiger partial charge in [0.15, 0.2) is 0 Å². The van der Waals surface area contributed by atoms with Crippen LogP contribution >= 0.6 is 0 Å². The summed E-state index contributed by atoms with van der Waals surface area (Å²) in [4.78, 5) is 0. The fourth-order valence-corrected chi connectivity index (χ4v) is 4.56. The van der Waals surface area contributed by atoms with Gasteiger partial charge in [0.05, 0.1) is 14.2 Å². The summed E-state index contributed by atoms with van der Waals surface area (Å²) in [6.45, 7) is 2.29. The van der Waals surface area contributed by atoms with Crippen LogP contribution in [-0.2, 0) is 0 Å². The van der Waals surface area contributed by atoms with E-state index < -0.39 is 0 Å². The molecule has 2 heteroatoms. The smallest absolute Gasteiger partial charge is 0.118 e. The first-order valence-electron chi connectivity index (χ1n) is 13.1. The Hall–Kier alpha value is -1.96. The van der Waals surface area contributed by atoms with Crippen LogP contribution in [0.2, 0.25) is 0 Å². The van der Waals surface area contributed by atoms with Crippen molar-refractivity contribution in [3.05, 3.63) is 59.7 Å². The summed E-state index contributed by atoms with van der Waals surface area (Å²) in [6.07, 6.45) is 19.4. The zero-order valence-electron chi connectivity index (χ0n) is 20.9. The van der Waals surface area contributed by atoms with Gasteiger partial charge in [-0.05, 0) is 41.8 Å². The maximum atomic E-state index is 5.35. The second kappa shape index (κ2) is 16.6. The van der Waals surface area contributed by atoms with Crippen molar-refractivity contribution in [1.82, 2.24) is 0 Å². The predicted octanol–water partition coefficient (Wildman–Crippen LogP) is 9.32. The number of hydrogen-bond donors (Lipinski definition) is 0. The summed E-state index contributed by atoms with van der Waals surface area (Å²) in [6, 6.07) is 17.2. The highest BCUT2D eigenvalue weighted by atomic mass is 16.5. The molecule has 0 atom stereocenters. The second-order valence-electron chi connectivity index (χ2n) is 9.13. The molecule has 0 aliphatic rings. The molecule has 0 saturated carbocycles. The highest BCUT2D eigenvalue weighted by molar-refractivity contribution is 5.38. The van der Waals surface area contributed by atoms with E-state index in [2.05, 4.69) is 55.5 Å². The first-order chi connectivity index (χ1) is 15.8. The van der Waals surface area contributed by atoms with Gasteiger partial charge in [-0.1, -0.05) is 115 Å². The zero-order chi connectivity index (χ0) is 22.9. The molecular weight excluding hydrogens is 392 g/mol. The summed E-state index contributed by atoms with van der Waals surface area (Å²) >= 11 is 0. The molecule has 0 bridgehead atoms. The van der Waals surface area contributed by atoms with Crippen molar-refractivity contribution < 1.29 is 9.47 Å². The lowest BCUT2D eigenvalue weighted by molar-refractivity contribution is 0.414. The molecule has 0 N–H and O–H groups in total. The first kappa shape index (κ1) is 26.3. The van der Waals surface area contributed by atoms with Gasteiger partial charge >= 0.3 is 0 Å². The predicted molar refractivity (Wildman–Crippen MR) is 138 cm³/mol. The molecule has 32 heavy (non-hydrogen) atoms. The number of ether oxygens (including phenoxy) is 2. The second-order valence-corrected chi connectivity index (χ2v) is 9.13. The van der Waals surface area contributed by atoms with Crippen molar-refractivity contribution in [2.45, 2.75) is 103 Å². The molecule has 0 spiro atoms. The minimum absolute atomic E-state index is 0.430. The Labute approximate surface area is 197 Å². The van der Waals surface area contributed by atoms with Crippen molar-refractivity contribution >= 4 is 0 Å². The van der Waals surface area contributed by atoms with Gasteiger partial charge in [0.2, 0.25) is 0 Å². The third kappa shape index (κ3) is 10.1. The minimum atomic E-state index is 0.430. The summed E-state index contributed by atoms with van der Waals surface area (Å²) in [7, 11) is 3.45. The summed E-state index contributed by atoms with van der Waals surface area (Å²) in [5, 5.41) is 0. The lowest BCUT2D eigenvalue weighted by Crippen LogP contribution is -2.02. The Morgan fingerprint density at radius 2 is 0.844 bits per heavy atom. The van der Waals surface area contributed by atoms with Crippen molar-refractivity contribution in [2.24, 2.45) is 0 Å². The molecule has 2 aromatic rings. The minimum Gasteiger partial charge on any atom is -0.497 e. The van der Waals surface area contributed by atoms with Crippen LogP contribution in [0.3, 0.4) is 0 Å². The Balaban J connectivity index is 1.70. The molecule has 0 fully saturated rings. The molecule has 2 rings (SSSR count). The number of methoxy groups -OCH3 is 2. The fraction of sp³-hybridized carbons (Fsp3) is 0.600. The lowest BCUT2D eigenvalue weighted by atomic mass is 9.86. The van der Waals surface area contributed by atoms with Gasteiger partial charge in [0, 0.05) is 5.92 Å². The van der Waals surface area contributed by atoms with Gasteiger partial charge in [-0.3, -0.25) is 0 Å². The van der Waals surface area contributed by atoms with E-state index in [4.69, 9.17) is 9.47 Å². The van der Waals surface area contributed by atoms with E-state index >= 15 is 0 Å². The maximum Gasteiger partial charge on any atom is 0.118 e. The van der Waals surface area contributed by atoms with Gasteiger partial charge in [-0.15, -0.1) is 0 Å². The van der Waals surface area contributed by atoms with E-state index in [1.165, 1.54) is 101 Å². The summed E-state index contributed by atoms with van der Waals surface area (Å²) < 4.78 is 10.7. The van der Waals surface area contributed by atoms with Crippen LogP contribution in [-0.4, -0.2) is 14.2 Å². The number of rotatable bonds is 18. The zero-order valence-corrected chi connectivity index (χ0v) is 20.9. The van der Waals surface area contributed by atoms with E-state index in [0.29, 0.717) is 5.92 Å². The lowest BCUT2D eigenvalue weighted by Gasteiger charge is -2.19. The summed E-state index contributed by atoms with van der Waals surface area (Å²) in [5.41, 5.74) is 2.74. The van der Waals surface area contributed by atoms with E-state index in [1.807, 2.05) is 0 Å². The molecule has 2 aromatic carbocycles. The van der Waals surface area contributed by atoms with Gasteiger partial charge in [0.1, 0.15) is 11.5 Å². The third-order valence-corrected chi connectivity index (χ3v) is 6.63. The number of hydrogen-bond acceptors (Lipinski definition) is 2. The largest absolute Gasteiger partial charge is 0.497 e. The van der Waals surface area contributed by atoms with E-state index in [0.717, 1.165) is 11.5 Å². The van der Waals surface area contributed by atoms with E-state index in [1.54, 1.807) is 14.2 Å². The van der Waals surface area contributed by atoms with Crippen molar-refractivity contribution in [3.8, 4) is 11.5 Å². The van der Waals surface area contributed by atoms with Crippen LogP contribution in [0, 0.1) is 0 Å². The van der Waals surface area contributed by atoms with Gasteiger partial charge in [0.25, 0.3) is 0 Å². The Morgan fingerprint density at radius 3 is 1.19 bits per heavy atom. The van der Waals surface area contributed by atoms with Gasteiger partial charge < -0.3 is 9.47 Å². The number of benzene rings is 2. The molecule has 0 aromatic heterocycles. The highest BCUT2D eigenvalue weighted by Crippen LogP contribution is 2.32. The standard InChI is InChI=1S/C30H46O2/c1-4-5-6-7-8-9-10-11-12-13-14-15-16-17-30(26-18-22-28(31-2)23-19-26)27-20-24-29(32-3)25-21-27/h18-25,30H,4-17H2,1-3H3. The van der Waals surface area contributed by atoms with Gasteiger partial charge in [-0.2, -0.15) is 0 Å². The van der Waals surface area contributed by atoms with Crippen LogP contribution in [0.15, 0.2) is 48.5 Å². The quantitative estimate of drug-likeness (QED) is 0.216. The van der Waals surface area contributed by atoms with Crippen LogP contribution in [0.1, 0.15) is 114 Å². The Morgan fingerprint density at radius 1 is 0.500 bits per heavy atom. The van der Waals surface area contributed by atoms with Crippen LogP contribution in [0.4, 0.5) is 0 Å². The first-order valence-corrected chi connectivity index (χ1v) is 13.1. The molecule has 0 radical (unpaired) electrons. The SMILES string of the molecule is CCCCCCCCCCCCCCCC(c1ccc(OC)cc1)c1ccc(OC)cc1. The molecule has 0 saturated heterocycles. The van der Waals surface area contributed by atoms with Crippen molar-refractivity contribution in [1.29, 1.82) is 0 Å². The fourth-order valence-electron chi connectivity index (χ4n) is 4.56. The molecule has 178 valence electrons. The monoisotopic (exact) mass is 438 g/mol. The summed E-state index contributed by atoms with van der Waals surface area (Å²) in [5.74, 6) is 2.27. The van der Waals surface area contributed by atoms with Crippen LogP contribution < -0.4 is 9.47 Å². The van der Waals surface area contributed by atoms with E-state index in [9.17, 15) is 0 Å². The highest BCUT2D eigenvalue weighted by Gasteiger charge is 2.14. The number of unbranched alkanes of at least 4 members (excludes halogenated alkanes) is 12. The Bertz CT molecular complexity index is 642. The molecule has 0 amide bonds. The molecule has 0 aliphatic carbocycles. The topological polar surface area (TPSA) is 18.5 Å². The molecule has 0 unspecified atom stereocenters. The normalized spacial score (nSPS) is 11.1. The Kier molecular flexibility index (Phi) is 13.7. The molecule has 0 aliphatic heterocycles. The molecule has 0 heterocycles. The third-order valence-electron chi connectivity index (χ3n) is 6.63. The van der Waals surface area contributed by atoms with Crippen molar-refractivity contribution in [2.75, 3.05) is 14.2 Å². The maximum absolute atomic E-state index is 5.35. The molecular formula is C30H46O2.